The van der Waals surface area contributed by atoms with Crippen LogP contribution in [0.4, 0.5) is 0 Å². The van der Waals surface area contributed by atoms with Gasteiger partial charge in [-0.25, -0.2) is 0 Å². The average Bonchev–Trinajstić information content (AvgIpc) is 2.77. The van der Waals surface area contributed by atoms with Crippen molar-refractivity contribution in [3.8, 4) is 0 Å². The Labute approximate surface area is 103 Å². The van der Waals surface area contributed by atoms with Gasteiger partial charge in [0, 0.05) is 17.6 Å². The van der Waals surface area contributed by atoms with Crippen LogP contribution in [0.1, 0.15) is 44.1 Å². The summed E-state index contributed by atoms with van der Waals surface area (Å²) >= 11 is 0. The summed E-state index contributed by atoms with van der Waals surface area (Å²) in [6.07, 6.45) is 12.5. The molecule has 1 aromatic rings. The van der Waals surface area contributed by atoms with Crippen molar-refractivity contribution in [3.63, 3.8) is 0 Å². The monoisotopic (exact) mass is 231 g/mol. The maximum absolute atomic E-state index is 5.15. The molecule has 4 saturated carbocycles. The largest absolute Gasteiger partial charge is 0.472 e. The van der Waals surface area contributed by atoms with Crippen LogP contribution >= 0.6 is 0 Å². The third kappa shape index (κ3) is 1.74. The van der Waals surface area contributed by atoms with Gasteiger partial charge in [0.05, 0.1) is 12.5 Å². The van der Waals surface area contributed by atoms with Gasteiger partial charge in [0.1, 0.15) is 0 Å². The minimum atomic E-state index is 0.478. The molecule has 4 fully saturated rings. The van der Waals surface area contributed by atoms with Crippen molar-refractivity contribution >= 4 is 0 Å². The summed E-state index contributed by atoms with van der Waals surface area (Å²) in [6, 6.07) is 2.08. The number of hydrogen-bond donors (Lipinski definition) is 1. The summed E-state index contributed by atoms with van der Waals surface area (Å²) in [5, 5.41) is 3.87. The summed E-state index contributed by atoms with van der Waals surface area (Å²) in [4.78, 5) is 0. The smallest absolute Gasteiger partial charge is 0.0947 e. The molecule has 0 atom stereocenters. The fourth-order valence-corrected chi connectivity index (χ4v) is 5.01. The predicted octanol–water partition coefficient (Wildman–Crippen LogP) is 3.34. The fourth-order valence-electron chi connectivity index (χ4n) is 5.01. The highest BCUT2D eigenvalue weighted by molar-refractivity contribution is 5.10. The lowest BCUT2D eigenvalue weighted by atomic mass is 9.53. The van der Waals surface area contributed by atoms with Crippen molar-refractivity contribution in [3.05, 3.63) is 24.2 Å². The Morgan fingerprint density at radius 1 is 1.12 bits per heavy atom. The second kappa shape index (κ2) is 3.61. The second-order valence-electron chi connectivity index (χ2n) is 6.68. The highest BCUT2D eigenvalue weighted by atomic mass is 16.3. The molecule has 1 N–H and O–H groups in total. The summed E-state index contributed by atoms with van der Waals surface area (Å²) in [5.74, 6) is 3.08. The summed E-state index contributed by atoms with van der Waals surface area (Å²) < 4.78 is 5.15. The molecule has 4 aliphatic rings. The Bertz CT molecular complexity index is 360. The van der Waals surface area contributed by atoms with E-state index >= 15 is 0 Å². The maximum Gasteiger partial charge on any atom is 0.0947 e. The molecule has 92 valence electrons. The highest BCUT2D eigenvalue weighted by Gasteiger charge is 2.50. The third-order valence-electron chi connectivity index (χ3n) is 5.29. The zero-order valence-corrected chi connectivity index (χ0v) is 10.3. The number of furan rings is 1. The lowest BCUT2D eigenvalue weighted by molar-refractivity contribution is -0.0206. The second-order valence-corrected chi connectivity index (χ2v) is 6.68. The Morgan fingerprint density at radius 3 is 2.29 bits per heavy atom. The van der Waals surface area contributed by atoms with E-state index in [9.17, 15) is 0 Å². The van der Waals surface area contributed by atoms with E-state index in [-0.39, 0.29) is 0 Å². The van der Waals surface area contributed by atoms with Gasteiger partial charge in [0.15, 0.2) is 0 Å². The van der Waals surface area contributed by atoms with Crippen LogP contribution in [0.2, 0.25) is 0 Å². The van der Waals surface area contributed by atoms with Crippen LogP contribution in [-0.2, 0) is 6.54 Å². The fraction of sp³-hybridized carbons (Fsp3) is 0.733. The molecule has 4 aliphatic carbocycles. The van der Waals surface area contributed by atoms with Crippen molar-refractivity contribution in [2.24, 2.45) is 17.8 Å². The Morgan fingerprint density at radius 2 is 1.76 bits per heavy atom. The summed E-state index contributed by atoms with van der Waals surface area (Å²) in [5.41, 5.74) is 1.77. The highest BCUT2D eigenvalue weighted by Crippen LogP contribution is 2.55. The molecule has 17 heavy (non-hydrogen) atoms. The van der Waals surface area contributed by atoms with Crippen molar-refractivity contribution < 1.29 is 4.42 Å². The standard InChI is InChI=1S/C15H21NO/c1-2-17-10-11(1)9-16-15-6-12-3-13(7-15)5-14(4-12)8-15/h1-2,10,12-14,16H,3-9H2. The quantitative estimate of drug-likeness (QED) is 0.863. The molecule has 0 radical (unpaired) electrons. The van der Waals surface area contributed by atoms with Gasteiger partial charge in [-0.15, -0.1) is 0 Å². The van der Waals surface area contributed by atoms with Gasteiger partial charge in [-0.3, -0.25) is 0 Å². The molecule has 0 spiro atoms. The minimum Gasteiger partial charge on any atom is -0.472 e. The molecule has 0 amide bonds. The van der Waals surface area contributed by atoms with Gasteiger partial charge < -0.3 is 9.73 Å². The van der Waals surface area contributed by atoms with E-state index in [1.54, 1.807) is 6.26 Å². The summed E-state index contributed by atoms with van der Waals surface area (Å²) in [6.45, 7) is 0.989. The van der Waals surface area contributed by atoms with Gasteiger partial charge >= 0.3 is 0 Å². The van der Waals surface area contributed by atoms with Crippen molar-refractivity contribution in [2.45, 2.75) is 50.6 Å². The van der Waals surface area contributed by atoms with E-state index < -0.39 is 0 Å². The first-order valence-electron chi connectivity index (χ1n) is 7.07. The SMILES string of the molecule is c1cc(CNC23CC4CC(CC(C4)C2)C3)co1. The third-order valence-corrected chi connectivity index (χ3v) is 5.29. The van der Waals surface area contributed by atoms with E-state index in [2.05, 4.69) is 11.4 Å². The Balaban J connectivity index is 1.49. The van der Waals surface area contributed by atoms with Crippen LogP contribution in [0.5, 0.6) is 0 Å². The molecule has 5 rings (SSSR count). The molecule has 1 heterocycles. The first-order valence-corrected chi connectivity index (χ1v) is 7.07. The van der Waals surface area contributed by atoms with Crippen LogP contribution in [-0.4, -0.2) is 5.54 Å². The Kier molecular flexibility index (Phi) is 2.17. The van der Waals surface area contributed by atoms with Gasteiger partial charge in [-0.2, -0.15) is 0 Å². The molecule has 0 unspecified atom stereocenters. The van der Waals surface area contributed by atoms with E-state index in [0.717, 1.165) is 24.3 Å². The van der Waals surface area contributed by atoms with Crippen LogP contribution in [0.15, 0.2) is 23.0 Å². The maximum atomic E-state index is 5.15. The average molecular weight is 231 g/mol. The van der Waals surface area contributed by atoms with Crippen molar-refractivity contribution in [2.75, 3.05) is 0 Å². The van der Waals surface area contributed by atoms with Gasteiger partial charge in [-0.1, -0.05) is 0 Å². The van der Waals surface area contributed by atoms with E-state index in [1.165, 1.54) is 44.1 Å². The van der Waals surface area contributed by atoms with Crippen molar-refractivity contribution in [1.29, 1.82) is 0 Å². The van der Waals surface area contributed by atoms with E-state index in [4.69, 9.17) is 4.42 Å². The molecule has 2 nitrogen and oxygen atoms in total. The van der Waals surface area contributed by atoms with E-state index in [0.29, 0.717) is 5.54 Å². The zero-order chi connectivity index (χ0) is 11.3. The molecule has 0 saturated heterocycles. The molecular weight excluding hydrogens is 210 g/mol. The van der Waals surface area contributed by atoms with Crippen LogP contribution < -0.4 is 5.32 Å². The lowest BCUT2D eigenvalue weighted by Gasteiger charge is -2.57. The van der Waals surface area contributed by atoms with Crippen LogP contribution in [0.25, 0.3) is 0 Å². The molecule has 2 heteroatoms. The predicted molar refractivity (Wildman–Crippen MR) is 66.5 cm³/mol. The topological polar surface area (TPSA) is 25.2 Å². The van der Waals surface area contributed by atoms with Crippen molar-refractivity contribution in [1.82, 2.24) is 5.32 Å². The van der Waals surface area contributed by atoms with Crippen LogP contribution in [0, 0.1) is 17.8 Å². The first kappa shape index (κ1) is 10.2. The molecule has 0 aromatic carbocycles. The van der Waals surface area contributed by atoms with Gasteiger partial charge in [0.25, 0.3) is 0 Å². The van der Waals surface area contributed by atoms with Gasteiger partial charge in [-0.05, 0) is 62.3 Å². The lowest BCUT2D eigenvalue weighted by Crippen LogP contribution is -2.58. The van der Waals surface area contributed by atoms with Gasteiger partial charge in [0.2, 0.25) is 0 Å². The van der Waals surface area contributed by atoms with Crippen LogP contribution in [0.3, 0.4) is 0 Å². The molecule has 4 bridgehead atoms. The zero-order valence-electron chi connectivity index (χ0n) is 10.3. The minimum absolute atomic E-state index is 0.478. The number of hydrogen-bond acceptors (Lipinski definition) is 2. The molecule has 0 aliphatic heterocycles. The molecular formula is C15H21NO. The van der Waals surface area contributed by atoms with E-state index in [1.807, 2.05) is 6.26 Å². The number of rotatable bonds is 3. The summed E-state index contributed by atoms with van der Waals surface area (Å²) in [7, 11) is 0. The normalized spacial score (nSPS) is 43.2. The number of nitrogens with one attached hydrogen (secondary N) is 1. The molecule has 1 aromatic heterocycles. The Hall–Kier alpha value is -0.760. The first-order chi connectivity index (χ1) is 8.31.